The summed E-state index contributed by atoms with van der Waals surface area (Å²) < 4.78 is 47.6. The van der Waals surface area contributed by atoms with E-state index in [4.69, 9.17) is 27.9 Å². The minimum absolute atomic E-state index is 0.0625. The normalized spacial score (nSPS) is 23.2. The number of nitrogens with one attached hydrogen (secondary N) is 4. The zero-order chi connectivity index (χ0) is 36.3. The number of halogens is 5. The Morgan fingerprint density at radius 1 is 0.922 bits per heavy atom. The van der Waals surface area contributed by atoms with Gasteiger partial charge < -0.3 is 20.3 Å². The maximum absolute atomic E-state index is 15.0. The highest BCUT2D eigenvalue weighted by Crippen LogP contribution is 2.46. The first-order valence-corrected chi connectivity index (χ1v) is 17.6. The zero-order valence-corrected chi connectivity index (χ0v) is 29.4. The van der Waals surface area contributed by atoms with Crippen molar-refractivity contribution in [3.8, 4) is 5.75 Å². The van der Waals surface area contributed by atoms with Gasteiger partial charge in [0.05, 0.1) is 37.3 Å². The summed E-state index contributed by atoms with van der Waals surface area (Å²) in [6, 6.07) is 16.2. The van der Waals surface area contributed by atoms with Crippen LogP contribution in [0.5, 0.6) is 5.75 Å². The van der Waals surface area contributed by atoms with E-state index in [-0.39, 0.29) is 62.0 Å². The molecule has 0 aromatic heterocycles. The average Bonchev–Trinajstić information content (AvgIpc) is 3.50. The van der Waals surface area contributed by atoms with E-state index in [1.54, 1.807) is 41.0 Å². The van der Waals surface area contributed by atoms with Gasteiger partial charge in [-0.2, -0.15) is 13.2 Å². The molecule has 3 fully saturated rings. The van der Waals surface area contributed by atoms with E-state index < -0.39 is 35.4 Å². The van der Waals surface area contributed by atoms with Crippen LogP contribution in [0.2, 0.25) is 10.0 Å². The quantitative estimate of drug-likeness (QED) is 0.249. The molecule has 0 saturated carbocycles. The molecule has 3 aromatic carbocycles. The lowest BCUT2D eigenvalue weighted by Crippen LogP contribution is -2.61. The Hall–Kier alpha value is -3.88. The van der Waals surface area contributed by atoms with Crippen molar-refractivity contribution in [3.05, 3.63) is 99.0 Å². The van der Waals surface area contributed by atoms with Crippen molar-refractivity contribution in [2.45, 2.75) is 49.7 Å². The molecule has 3 aliphatic heterocycles. The van der Waals surface area contributed by atoms with Gasteiger partial charge in [-0.3, -0.25) is 29.9 Å². The van der Waals surface area contributed by atoms with Crippen molar-refractivity contribution >= 4 is 40.9 Å². The third kappa shape index (κ3) is 8.28. The smallest absolute Gasteiger partial charge is 0.416 e. The van der Waals surface area contributed by atoms with Gasteiger partial charge in [0.25, 0.3) is 5.91 Å². The van der Waals surface area contributed by atoms with Gasteiger partial charge in [0.15, 0.2) is 5.66 Å². The molecule has 6 rings (SSSR count). The van der Waals surface area contributed by atoms with Crippen molar-refractivity contribution in [2.75, 3.05) is 45.9 Å². The Balaban J connectivity index is 1.33. The van der Waals surface area contributed by atoms with Gasteiger partial charge in [-0.1, -0.05) is 53.5 Å². The predicted molar refractivity (Wildman–Crippen MR) is 186 cm³/mol. The maximum atomic E-state index is 15.0. The van der Waals surface area contributed by atoms with Crippen LogP contribution in [0.15, 0.2) is 66.7 Å². The van der Waals surface area contributed by atoms with Crippen molar-refractivity contribution < 1.29 is 32.3 Å². The summed E-state index contributed by atoms with van der Waals surface area (Å²) in [5.41, 5.74) is -0.842. The molecule has 4 N–H and O–H groups in total. The minimum Gasteiger partial charge on any atom is -0.493 e. The first-order valence-electron chi connectivity index (χ1n) is 16.8. The molecule has 0 spiro atoms. The van der Waals surface area contributed by atoms with Crippen LogP contribution in [0.3, 0.4) is 0 Å². The Kier molecular flexibility index (Phi) is 11.1. The average molecular weight is 748 g/mol. The van der Waals surface area contributed by atoms with E-state index in [2.05, 4.69) is 21.3 Å². The third-order valence-electron chi connectivity index (χ3n) is 9.50. The van der Waals surface area contributed by atoms with E-state index in [1.807, 2.05) is 24.3 Å². The number of piperazine rings is 1. The van der Waals surface area contributed by atoms with Gasteiger partial charge >= 0.3 is 6.18 Å². The lowest BCUT2D eigenvalue weighted by Gasteiger charge is -2.40. The summed E-state index contributed by atoms with van der Waals surface area (Å²) in [6.07, 6.45) is -3.72. The second-order valence-electron chi connectivity index (χ2n) is 12.9. The molecule has 3 amide bonds. The van der Waals surface area contributed by atoms with Gasteiger partial charge in [-0.25, -0.2) is 0 Å². The number of nitrogens with zero attached hydrogens (tertiary/aromatic N) is 2. The van der Waals surface area contributed by atoms with E-state index in [1.165, 1.54) is 6.07 Å². The Morgan fingerprint density at radius 3 is 2.04 bits per heavy atom. The van der Waals surface area contributed by atoms with E-state index in [9.17, 15) is 27.6 Å². The van der Waals surface area contributed by atoms with Gasteiger partial charge in [0.1, 0.15) is 5.75 Å². The van der Waals surface area contributed by atoms with Gasteiger partial charge in [0, 0.05) is 47.8 Å². The first kappa shape index (κ1) is 36.9. The molecule has 2 unspecified atom stereocenters. The minimum atomic E-state index is -4.64. The highest BCUT2D eigenvalue weighted by molar-refractivity contribution is 6.30. The highest BCUT2D eigenvalue weighted by Gasteiger charge is 2.55. The van der Waals surface area contributed by atoms with Crippen molar-refractivity contribution in [1.29, 1.82) is 0 Å². The molecule has 272 valence electrons. The summed E-state index contributed by atoms with van der Waals surface area (Å²) in [5, 5.41) is 13.9. The molecule has 15 heteroatoms. The van der Waals surface area contributed by atoms with Crippen LogP contribution in [0.25, 0.3) is 0 Å². The monoisotopic (exact) mass is 746 g/mol. The number of hydrogen-bond acceptors (Lipinski definition) is 7. The van der Waals surface area contributed by atoms with Crippen molar-refractivity contribution in [3.63, 3.8) is 0 Å². The van der Waals surface area contributed by atoms with Crippen LogP contribution in [-0.2, 0) is 26.2 Å². The molecule has 0 bridgehead atoms. The highest BCUT2D eigenvalue weighted by atomic mass is 35.5. The van der Waals surface area contributed by atoms with Crippen LogP contribution < -0.4 is 26.0 Å². The van der Waals surface area contributed by atoms with Crippen LogP contribution in [0.4, 0.5) is 13.2 Å². The van der Waals surface area contributed by atoms with Gasteiger partial charge in [0.2, 0.25) is 11.8 Å². The lowest BCUT2D eigenvalue weighted by atomic mass is 9.93. The fraction of sp³-hybridized carbons (Fsp3) is 0.417. The van der Waals surface area contributed by atoms with E-state index in [0.29, 0.717) is 36.0 Å². The molecule has 3 aromatic rings. The molecule has 10 nitrogen and oxygen atoms in total. The number of carbonyl (C=O) groups excluding carboxylic acids is 3. The fourth-order valence-corrected chi connectivity index (χ4v) is 7.26. The summed E-state index contributed by atoms with van der Waals surface area (Å²) in [4.78, 5) is 43.0. The first-order chi connectivity index (χ1) is 24.4. The third-order valence-corrected chi connectivity index (χ3v) is 10.0. The standard InChI is InChI=1S/C36H39Cl2F3N6O4/c1-2-51-29-19-24(36(39,40)41)7-12-28(29)35(34(50)47-16-13-27(14-17-47)43-31(49)21-46-18-15-42-30(48)20-46)44-32(22-3-8-25(37)9-4-22)33(45-35)23-5-10-26(38)11-6-23/h3-12,19,27,32-33,44-45H,2,13-18,20-21H2,1H3,(H,42,48)(H,43,49). The van der Waals surface area contributed by atoms with Crippen molar-refractivity contribution in [2.24, 2.45) is 0 Å². The fourth-order valence-electron chi connectivity index (χ4n) is 7.01. The number of piperidine rings is 1. The lowest BCUT2D eigenvalue weighted by molar-refractivity contribution is -0.141. The zero-order valence-electron chi connectivity index (χ0n) is 27.9. The number of rotatable bonds is 9. The Bertz CT molecular complexity index is 1680. The summed E-state index contributed by atoms with van der Waals surface area (Å²) in [5.74, 6) is -0.808. The molecular weight excluding hydrogens is 708 g/mol. The number of hydrogen-bond donors (Lipinski definition) is 4. The maximum Gasteiger partial charge on any atom is 0.416 e. The molecule has 51 heavy (non-hydrogen) atoms. The molecule has 3 saturated heterocycles. The van der Waals surface area contributed by atoms with Crippen LogP contribution in [-0.4, -0.2) is 79.4 Å². The number of alkyl halides is 3. The SMILES string of the molecule is CCOc1cc(C(F)(F)F)ccc1C1(C(=O)N2CCC(NC(=O)CN3CCNC(=O)C3)CC2)NC(c2ccc(Cl)cc2)C(c2ccc(Cl)cc2)N1. The number of carbonyl (C=O) groups is 3. The number of benzene rings is 3. The second-order valence-corrected chi connectivity index (χ2v) is 13.8. The molecule has 0 radical (unpaired) electrons. The van der Waals surface area contributed by atoms with Crippen LogP contribution in [0, 0.1) is 0 Å². The molecule has 3 heterocycles. The van der Waals surface area contributed by atoms with E-state index >= 15 is 0 Å². The molecule has 0 aliphatic carbocycles. The second kappa shape index (κ2) is 15.4. The summed E-state index contributed by atoms with van der Waals surface area (Å²) in [7, 11) is 0. The Labute approximate surface area is 304 Å². The molecular formula is C36H39Cl2F3N6O4. The predicted octanol–water partition coefficient (Wildman–Crippen LogP) is 4.78. The van der Waals surface area contributed by atoms with Crippen LogP contribution in [0.1, 0.15) is 54.1 Å². The largest absolute Gasteiger partial charge is 0.493 e. The summed E-state index contributed by atoms with van der Waals surface area (Å²) >= 11 is 12.5. The number of ether oxygens (including phenoxy) is 1. The Morgan fingerprint density at radius 2 is 1.51 bits per heavy atom. The van der Waals surface area contributed by atoms with Gasteiger partial charge in [-0.15, -0.1) is 0 Å². The van der Waals surface area contributed by atoms with Crippen molar-refractivity contribution in [1.82, 2.24) is 31.1 Å². The van der Waals surface area contributed by atoms with E-state index in [0.717, 1.165) is 23.3 Å². The number of likely N-dealkylation sites (tertiary alicyclic amines) is 1. The number of amides is 3. The molecule has 3 aliphatic rings. The summed E-state index contributed by atoms with van der Waals surface area (Å²) in [6.45, 7) is 3.60. The van der Waals surface area contributed by atoms with Gasteiger partial charge in [-0.05, 0) is 67.3 Å². The topological polar surface area (TPSA) is 115 Å². The molecule has 2 atom stereocenters. The van der Waals surface area contributed by atoms with Crippen LogP contribution >= 0.6 is 23.2 Å².